The summed E-state index contributed by atoms with van der Waals surface area (Å²) >= 11 is 0. The van der Waals surface area contributed by atoms with E-state index in [4.69, 9.17) is 10.00 Å². The number of aryl methyl sites for hydroxylation is 1. The van der Waals surface area contributed by atoms with Gasteiger partial charge in [-0.3, -0.25) is 4.90 Å². The number of hydrogen-bond donors (Lipinski definition) is 0. The van der Waals surface area contributed by atoms with Gasteiger partial charge >= 0.3 is 0 Å². The van der Waals surface area contributed by atoms with Gasteiger partial charge in [0.2, 0.25) is 0 Å². The van der Waals surface area contributed by atoms with E-state index in [2.05, 4.69) is 18.2 Å². The zero-order chi connectivity index (χ0) is 11.4. The zero-order valence-electron chi connectivity index (χ0n) is 9.57. The molecule has 1 heterocycles. The van der Waals surface area contributed by atoms with Crippen molar-refractivity contribution < 1.29 is 4.74 Å². The Bertz CT molecular complexity index is 409. The molecule has 0 aliphatic carbocycles. The summed E-state index contributed by atoms with van der Waals surface area (Å²) in [6.07, 6.45) is 2.20. The molecule has 1 aliphatic rings. The number of nitriles is 1. The Balaban J connectivity index is 2.08. The van der Waals surface area contributed by atoms with Crippen molar-refractivity contribution in [3.63, 3.8) is 0 Å². The third kappa shape index (κ3) is 2.53. The van der Waals surface area contributed by atoms with Gasteiger partial charge in [-0.2, -0.15) is 5.26 Å². The van der Waals surface area contributed by atoms with Crippen molar-refractivity contribution in [2.24, 2.45) is 0 Å². The van der Waals surface area contributed by atoms with E-state index >= 15 is 0 Å². The molecule has 84 valence electrons. The van der Waals surface area contributed by atoms with Gasteiger partial charge in [0.15, 0.2) is 0 Å². The summed E-state index contributed by atoms with van der Waals surface area (Å²) in [7, 11) is 1.96. The van der Waals surface area contributed by atoms with E-state index in [1.54, 1.807) is 0 Å². The van der Waals surface area contributed by atoms with E-state index in [0.29, 0.717) is 6.54 Å². The second kappa shape index (κ2) is 5.00. The minimum absolute atomic E-state index is 0.466. The summed E-state index contributed by atoms with van der Waals surface area (Å²) in [4.78, 5) is 2.01. The van der Waals surface area contributed by atoms with Crippen LogP contribution in [-0.2, 0) is 13.0 Å². The fourth-order valence-corrected chi connectivity index (χ4v) is 2.00. The van der Waals surface area contributed by atoms with Gasteiger partial charge in [0.25, 0.3) is 0 Å². The molecule has 1 aromatic carbocycles. The molecule has 0 aromatic heterocycles. The van der Waals surface area contributed by atoms with Crippen LogP contribution in [0.5, 0.6) is 5.75 Å². The Morgan fingerprint density at radius 2 is 2.38 bits per heavy atom. The van der Waals surface area contributed by atoms with E-state index in [0.717, 1.165) is 31.7 Å². The Hall–Kier alpha value is -1.53. The smallest absolute Gasteiger partial charge is 0.122 e. The monoisotopic (exact) mass is 216 g/mol. The second-order valence-electron chi connectivity index (χ2n) is 4.22. The first-order valence-corrected chi connectivity index (χ1v) is 5.59. The molecule has 3 nitrogen and oxygen atoms in total. The van der Waals surface area contributed by atoms with Gasteiger partial charge in [-0.15, -0.1) is 0 Å². The van der Waals surface area contributed by atoms with Gasteiger partial charge in [0.1, 0.15) is 5.75 Å². The van der Waals surface area contributed by atoms with Crippen LogP contribution in [0.25, 0.3) is 0 Å². The van der Waals surface area contributed by atoms with Crippen molar-refractivity contribution in [3.8, 4) is 11.8 Å². The van der Waals surface area contributed by atoms with E-state index in [1.807, 2.05) is 18.0 Å². The predicted octanol–water partition coefficient (Wildman–Crippen LogP) is 1.97. The lowest BCUT2D eigenvalue weighted by atomic mass is 10.0. The summed E-state index contributed by atoms with van der Waals surface area (Å²) in [5, 5.41) is 8.60. The minimum Gasteiger partial charge on any atom is -0.493 e. The maximum Gasteiger partial charge on any atom is 0.122 e. The van der Waals surface area contributed by atoms with Crippen LogP contribution in [0.2, 0.25) is 0 Å². The maximum atomic E-state index is 8.60. The van der Waals surface area contributed by atoms with Crippen LogP contribution >= 0.6 is 0 Å². The van der Waals surface area contributed by atoms with Crippen molar-refractivity contribution in [2.75, 3.05) is 20.2 Å². The van der Waals surface area contributed by atoms with Crippen molar-refractivity contribution >= 4 is 0 Å². The first-order valence-electron chi connectivity index (χ1n) is 5.59. The normalized spacial score (nSPS) is 14.1. The molecule has 0 N–H and O–H groups in total. The molecular formula is C13H16N2O. The molecule has 0 bridgehead atoms. The Morgan fingerprint density at radius 1 is 1.50 bits per heavy atom. The van der Waals surface area contributed by atoms with Gasteiger partial charge in [-0.05, 0) is 37.1 Å². The number of nitrogens with zero attached hydrogens (tertiary/aromatic N) is 2. The number of rotatable bonds is 3. The average molecular weight is 216 g/mol. The molecule has 16 heavy (non-hydrogen) atoms. The lowest BCUT2D eigenvalue weighted by Gasteiger charge is -2.19. The molecule has 0 saturated heterocycles. The molecule has 0 radical (unpaired) electrons. The molecular weight excluding hydrogens is 200 g/mol. The van der Waals surface area contributed by atoms with E-state index in [-0.39, 0.29) is 0 Å². The quantitative estimate of drug-likeness (QED) is 0.725. The molecule has 0 fully saturated rings. The molecule has 0 amide bonds. The van der Waals surface area contributed by atoms with Crippen molar-refractivity contribution in [3.05, 3.63) is 29.3 Å². The first kappa shape index (κ1) is 11.0. The fraction of sp³-hybridized carbons (Fsp3) is 0.462. The Kier molecular flexibility index (Phi) is 3.43. The molecule has 3 heteroatoms. The minimum atomic E-state index is 0.466. The number of hydrogen-bond acceptors (Lipinski definition) is 3. The number of fused-ring (bicyclic) bond motifs is 1. The summed E-state index contributed by atoms with van der Waals surface area (Å²) in [5.41, 5.74) is 2.55. The molecule has 1 aliphatic heterocycles. The first-order chi connectivity index (χ1) is 7.79. The molecule has 0 unspecified atom stereocenters. The SMILES string of the molecule is CN(CC#N)Cc1ccc2c(c1)CCCO2. The Morgan fingerprint density at radius 3 is 3.19 bits per heavy atom. The summed E-state index contributed by atoms with van der Waals surface area (Å²) < 4.78 is 5.56. The molecule has 2 rings (SSSR count). The standard InChI is InChI=1S/C13H16N2O/c1-15(7-6-14)10-11-4-5-13-12(9-11)3-2-8-16-13/h4-5,9H,2-3,7-8,10H2,1H3. The largest absolute Gasteiger partial charge is 0.493 e. The van der Waals surface area contributed by atoms with Crippen LogP contribution in [0.3, 0.4) is 0 Å². The highest BCUT2D eigenvalue weighted by Crippen LogP contribution is 2.25. The van der Waals surface area contributed by atoms with Gasteiger partial charge in [-0.1, -0.05) is 12.1 Å². The van der Waals surface area contributed by atoms with Crippen molar-refractivity contribution in [1.29, 1.82) is 5.26 Å². The molecule has 0 saturated carbocycles. The van der Waals surface area contributed by atoms with Crippen LogP contribution in [0, 0.1) is 11.3 Å². The van der Waals surface area contributed by atoms with Crippen LogP contribution in [0.1, 0.15) is 17.5 Å². The van der Waals surface area contributed by atoms with Crippen molar-refractivity contribution in [1.82, 2.24) is 4.90 Å². The van der Waals surface area contributed by atoms with Gasteiger partial charge in [0.05, 0.1) is 19.2 Å². The average Bonchev–Trinajstić information content (AvgIpc) is 2.29. The highest BCUT2D eigenvalue weighted by atomic mass is 16.5. The Labute approximate surface area is 96.2 Å². The second-order valence-corrected chi connectivity index (χ2v) is 4.22. The van der Waals surface area contributed by atoms with Crippen LogP contribution in [-0.4, -0.2) is 25.1 Å². The van der Waals surface area contributed by atoms with Gasteiger partial charge in [0, 0.05) is 6.54 Å². The molecule has 1 aromatic rings. The van der Waals surface area contributed by atoms with E-state index in [1.165, 1.54) is 11.1 Å². The summed E-state index contributed by atoms with van der Waals surface area (Å²) in [5.74, 6) is 1.03. The predicted molar refractivity (Wildman–Crippen MR) is 62.2 cm³/mol. The molecule has 0 atom stereocenters. The third-order valence-electron chi connectivity index (χ3n) is 2.77. The van der Waals surface area contributed by atoms with Gasteiger partial charge in [-0.25, -0.2) is 0 Å². The van der Waals surface area contributed by atoms with E-state index < -0.39 is 0 Å². The highest BCUT2D eigenvalue weighted by Gasteiger charge is 2.10. The van der Waals surface area contributed by atoms with Crippen LogP contribution in [0.15, 0.2) is 18.2 Å². The van der Waals surface area contributed by atoms with E-state index in [9.17, 15) is 0 Å². The van der Waals surface area contributed by atoms with Crippen LogP contribution in [0.4, 0.5) is 0 Å². The highest BCUT2D eigenvalue weighted by molar-refractivity contribution is 5.38. The number of ether oxygens (including phenoxy) is 1. The topological polar surface area (TPSA) is 36.3 Å². The lowest BCUT2D eigenvalue weighted by Crippen LogP contribution is -2.18. The van der Waals surface area contributed by atoms with Crippen molar-refractivity contribution in [2.45, 2.75) is 19.4 Å². The molecule has 0 spiro atoms. The fourth-order valence-electron chi connectivity index (χ4n) is 2.00. The summed E-state index contributed by atoms with van der Waals surface area (Å²) in [6, 6.07) is 8.48. The third-order valence-corrected chi connectivity index (χ3v) is 2.77. The lowest BCUT2D eigenvalue weighted by molar-refractivity contribution is 0.287. The number of benzene rings is 1. The van der Waals surface area contributed by atoms with Gasteiger partial charge < -0.3 is 4.74 Å². The maximum absolute atomic E-state index is 8.60. The summed E-state index contributed by atoms with van der Waals surface area (Å²) in [6.45, 7) is 2.12. The zero-order valence-corrected chi connectivity index (χ0v) is 9.57. The van der Waals surface area contributed by atoms with Crippen LogP contribution < -0.4 is 4.74 Å².